The molecule has 2 unspecified atom stereocenters. The average Bonchev–Trinajstić information content (AvgIpc) is 3.12. The predicted molar refractivity (Wildman–Crippen MR) is 122 cm³/mol. The fourth-order valence-electron chi connectivity index (χ4n) is 5.90. The summed E-state index contributed by atoms with van der Waals surface area (Å²) >= 11 is 0. The van der Waals surface area contributed by atoms with Crippen molar-refractivity contribution in [1.29, 1.82) is 0 Å². The lowest BCUT2D eigenvalue weighted by atomic mass is 9.61. The molecule has 0 amide bonds. The van der Waals surface area contributed by atoms with E-state index in [4.69, 9.17) is 0 Å². The van der Waals surface area contributed by atoms with Gasteiger partial charge in [0.1, 0.15) is 0 Å². The number of fused-ring (bicyclic) bond motifs is 4. The minimum absolute atomic E-state index is 0.129. The van der Waals surface area contributed by atoms with Gasteiger partial charge in [-0.2, -0.15) is 0 Å². The SMILES string of the molecule is CN(Cc1cccnc1)C12CNCC(C(c3ccccc3)C1)C(c1ccccc1)C2. The Morgan fingerprint density at radius 3 is 2.10 bits per heavy atom. The lowest BCUT2D eigenvalue weighted by Gasteiger charge is -2.50. The number of nitrogens with zero attached hydrogens (tertiary/aromatic N) is 2. The maximum atomic E-state index is 4.34. The summed E-state index contributed by atoms with van der Waals surface area (Å²) in [6.45, 7) is 3.07. The first-order chi connectivity index (χ1) is 14.8. The van der Waals surface area contributed by atoms with Crippen molar-refractivity contribution in [2.75, 3.05) is 20.1 Å². The first kappa shape index (κ1) is 19.5. The summed E-state index contributed by atoms with van der Waals surface area (Å²) < 4.78 is 0. The molecule has 1 aromatic heterocycles. The third-order valence-corrected chi connectivity index (χ3v) is 7.48. The molecule has 3 heterocycles. The van der Waals surface area contributed by atoms with Crippen molar-refractivity contribution in [2.45, 2.75) is 36.8 Å². The normalized spacial score (nSPS) is 28.4. The van der Waals surface area contributed by atoms with Crippen molar-refractivity contribution in [3.63, 3.8) is 0 Å². The largest absolute Gasteiger partial charge is 0.315 e. The molecule has 3 heteroatoms. The summed E-state index contributed by atoms with van der Waals surface area (Å²) in [7, 11) is 2.31. The summed E-state index contributed by atoms with van der Waals surface area (Å²) in [6, 6.07) is 26.6. The summed E-state index contributed by atoms with van der Waals surface area (Å²) in [6.07, 6.45) is 6.27. The van der Waals surface area contributed by atoms with E-state index in [1.165, 1.54) is 29.5 Å². The molecule has 1 N–H and O–H groups in total. The lowest BCUT2D eigenvalue weighted by molar-refractivity contribution is 0.0500. The van der Waals surface area contributed by atoms with Crippen molar-refractivity contribution >= 4 is 0 Å². The standard InChI is InChI=1S/C27H31N3/c1-30(19-21-9-8-14-28-17-21)27-15-24(22-10-4-2-5-11-22)26(18-29-20-27)25(16-27)23-12-6-3-7-13-23/h2-14,17,24-26,29H,15-16,18-20H2,1H3. The van der Waals surface area contributed by atoms with E-state index in [9.17, 15) is 0 Å². The number of nitrogens with one attached hydrogen (secondary N) is 1. The molecular formula is C27H31N3. The molecule has 30 heavy (non-hydrogen) atoms. The number of pyridine rings is 1. The van der Waals surface area contributed by atoms with E-state index in [0.717, 1.165) is 19.6 Å². The molecule has 2 bridgehead atoms. The number of likely N-dealkylation sites (N-methyl/N-ethyl adjacent to an activating group) is 1. The Morgan fingerprint density at radius 1 is 0.900 bits per heavy atom. The zero-order valence-corrected chi connectivity index (χ0v) is 17.7. The van der Waals surface area contributed by atoms with Crippen molar-refractivity contribution < 1.29 is 0 Å². The second-order valence-electron chi connectivity index (χ2n) is 9.18. The highest BCUT2D eigenvalue weighted by Crippen LogP contribution is 2.53. The van der Waals surface area contributed by atoms with Crippen molar-refractivity contribution in [3.05, 3.63) is 102 Å². The summed E-state index contributed by atoms with van der Waals surface area (Å²) in [4.78, 5) is 6.94. The number of rotatable bonds is 5. The molecule has 3 aliphatic rings. The number of hydrogen-bond acceptors (Lipinski definition) is 3. The van der Waals surface area contributed by atoms with Crippen LogP contribution in [0.5, 0.6) is 0 Å². The van der Waals surface area contributed by atoms with Gasteiger partial charge in [-0.25, -0.2) is 0 Å². The topological polar surface area (TPSA) is 28.2 Å². The molecule has 2 atom stereocenters. The zero-order chi connectivity index (χ0) is 20.4. The third kappa shape index (κ3) is 3.68. The van der Waals surface area contributed by atoms with E-state index in [1.54, 1.807) is 0 Å². The van der Waals surface area contributed by atoms with E-state index in [0.29, 0.717) is 17.8 Å². The Hall–Kier alpha value is -2.49. The molecule has 154 valence electrons. The first-order valence-electron chi connectivity index (χ1n) is 11.2. The Morgan fingerprint density at radius 2 is 1.53 bits per heavy atom. The van der Waals surface area contributed by atoms with Crippen LogP contribution in [-0.2, 0) is 6.54 Å². The summed E-state index contributed by atoms with van der Waals surface area (Å²) in [5.74, 6) is 1.75. The molecule has 2 saturated heterocycles. The van der Waals surface area contributed by atoms with Crippen molar-refractivity contribution in [3.8, 4) is 0 Å². The van der Waals surface area contributed by atoms with Crippen LogP contribution in [0.15, 0.2) is 85.2 Å². The molecule has 3 aromatic rings. The van der Waals surface area contributed by atoms with E-state index in [-0.39, 0.29) is 5.54 Å². The third-order valence-electron chi connectivity index (χ3n) is 7.48. The number of aromatic nitrogens is 1. The van der Waals surface area contributed by atoms with Gasteiger partial charge in [0.2, 0.25) is 0 Å². The molecule has 0 spiro atoms. The highest BCUT2D eigenvalue weighted by Gasteiger charge is 2.50. The van der Waals surface area contributed by atoms with E-state index >= 15 is 0 Å². The smallest absolute Gasteiger partial charge is 0.0346 e. The quantitative estimate of drug-likeness (QED) is 0.668. The van der Waals surface area contributed by atoms with Crippen molar-refractivity contribution in [1.82, 2.24) is 15.2 Å². The van der Waals surface area contributed by atoms with Gasteiger partial charge in [0, 0.05) is 31.0 Å². The van der Waals surface area contributed by atoms with Crippen LogP contribution in [-0.4, -0.2) is 35.6 Å². The molecule has 0 radical (unpaired) electrons. The Bertz CT molecular complexity index is 892. The minimum Gasteiger partial charge on any atom is -0.315 e. The molecule has 3 nitrogen and oxygen atoms in total. The molecule has 2 aliphatic heterocycles. The van der Waals surface area contributed by atoms with Gasteiger partial charge < -0.3 is 5.32 Å². The second-order valence-corrected chi connectivity index (χ2v) is 9.18. The van der Waals surface area contributed by atoms with Crippen LogP contribution in [0.4, 0.5) is 0 Å². The lowest BCUT2D eigenvalue weighted by Crippen LogP contribution is -2.54. The van der Waals surface area contributed by atoms with E-state index in [1.807, 2.05) is 18.5 Å². The van der Waals surface area contributed by atoms with Crippen LogP contribution >= 0.6 is 0 Å². The van der Waals surface area contributed by atoms with E-state index < -0.39 is 0 Å². The Labute approximate surface area is 180 Å². The van der Waals surface area contributed by atoms with Crippen LogP contribution in [0.3, 0.4) is 0 Å². The Balaban J connectivity index is 1.54. The Kier molecular flexibility index (Phi) is 5.41. The maximum absolute atomic E-state index is 4.34. The van der Waals surface area contributed by atoms with Crippen LogP contribution in [0.25, 0.3) is 0 Å². The van der Waals surface area contributed by atoms with Crippen LogP contribution < -0.4 is 5.32 Å². The minimum atomic E-state index is 0.129. The molecule has 2 aromatic carbocycles. The number of benzene rings is 2. The predicted octanol–water partition coefficient (Wildman–Crippen LogP) is 4.83. The second kappa shape index (κ2) is 8.33. The summed E-state index contributed by atoms with van der Waals surface area (Å²) in [5, 5.41) is 3.86. The molecule has 3 fully saturated rings. The van der Waals surface area contributed by atoms with Gasteiger partial charge in [-0.05, 0) is 66.9 Å². The monoisotopic (exact) mass is 397 g/mol. The van der Waals surface area contributed by atoms with E-state index in [2.05, 4.69) is 89.0 Å². The average molecular weight is 398 g/mol. The van der Waals surface area contributed by atoms with Crippen LogP contribution in [0.1, 0.15) is 41.4 Å². The van der Waals surface area contributed by atoms with Gasteiger partial charge in [0.15, 0.2) is 0 Å². The summed E-state index contributed by atoms with van der Waals surface area (Å²) in [5.41, 5.74) is 4.40. The highest BCUT2D eigenvalue weighted by molar-refractivity contribution is 5.31. The van der Waals surface area contributed by atoms with Gasteiger partial charge in [0.25, 0.3) is 0 Å². The number of hydrogen-bond donors (Lipinski definition) is 1. The van der Waals surface area contributed by atoms with Gasteiger partial charge in [-0.1, -0.05) is 66.7 Å². The fraction of sp³-hybridized carbons (Fsp3) is 0.370. The van der Waals surface area contributed by atoms with Crippen LogP contribution in [0.2, 0.25) is 0 Å². The fourth-order valence-corrected chi connectivity index (χ4v) is 5.90. The maximum Gasteiger partial charge on any atom is 0.0346 e. The van der Waals surface area contributed by atoms with Gasteiger partial charge >= 0.3 is 0 Å². The molecule has 1 aliphatic carbocycles. The van der Waals surface area contributed by atoms with Gasteiger partial charge in [-0.3, -0.25) is 9.88 Å². The van der Waals surface area contributed by atoms with Crippen LogP contribution in [0, 0.1) is 5.92 Å². The van der Waals surface area contributed by atoms with Gasteiger partial charge in [-0.15, -0.1) is 0 Å². The van der Waals surface area contributed by atoms with Gasteiger partial charge in [0.05, 0.1) is 0 Å². The molecule has 1 saturated carbocycles. The zero-order valence-electron chi connectivity index (χ0n) is 17.7. The first-order valence-corrected chi connectivity index (χ1v) is 11.2. The molecule has 6 rings (SSSR count). The molecular weight excluding hydrogens is 366 g/mol. The van der Waals surface area contributed by atoms with Crippen molar-refractivity contribution in [2.24, 2.45) is 5.92 Å². The highest BCUT2D eigenvalue weighted by atomic mass is 15.2.